The van der Waals surface area contributed by atoms with Crippen LogP contribution in [0.25, 0.3) is 11.2 Å². The molecule has 0 radical (unpaired) electrons. The maximum Gasteiger partial charge on any atom is 0.180 e. The number of methoxy groups -OCH3 is 1. The molecule has 0 bridgehead atoms. The van der Waals surface area contributed by atoms with Gasteiger partial charge in [-0.05, 0) is 25.0 Å². The Labute approximate surface area is 151 Å². The monoisotopic (exact) mass is 360 g/mol. The molecule has 132 valence electrons. The van der Waals surface area contributed by atoms with Crippen molar-refractivity contribution in [3.05, 3.63) is 41.6 Å². The second kappa shape index (κ2) is 8.67. The van der Waals surface area contributed by atoms with E-state index in [2.05, 4.69) is 19.9 Å². The van der Waals surface area contributed by atoms with Gasteiger partial charge >= 0.3 is 0 Å². The minimum absolute atomic E-state index is 0.576. The predicted molar refractivity (Wildman–Crippen MR) is 97.4 cm³/mol. The van der Waals surface area contributed by atoms with Crippen molar-refractivity contribution in [3.8, 4) is 11.5 Å². The lowest BCUT2D eigenvalue weighted by molar-refractivity contribution is 0.304. The van der Waals surface area contributed by atoms with Crippen LogP contribution in [0.5, 0.6) is 11.5 Å². The molecule has 1 aromatic carbocycles. The third kappa shape index (κ3) is 4.82. The van der Waals surface area contributed by atoms with Crippen molar-refractivity contribution in [3.63, 3.8) is 0 Å². The van der Waals surface area contributed by atoms with Gasteiger partial charge in [0.2, 0.25) is 0 Å². The second-order valence-electron chi connectivity index (χ2n) is 5.75. The Morgan fingerprint density at radius 1 is 1.16 bits per heavy atom. The molecule has 0 aliphatic rings. The number of imidazole rings is 1. The summed E-state index contributed by atoms with van der Waals surface area (Å²) in [6, 6.07) is 5.44. The van der Waals surface area contributed by atoms with Gasteiger partial charge in [-0.1, -0.05) is 24.4 Å². The largest absolute Gasteiger partial charge is 0.497 e. The first-order chi connectivity index (χ1) is 12.3. The van der Waals surface area contributed by atoms with Gasteiger partial charge in [-0.2, -0.15) is 0 Å². The van der Waals surface area contributed by atoms with E-state index in [1.807, 2.05) is 12.1 Å². The Kier molecular flexibility index (Phi) is 6.06. The van der Waals surface area contributed by atoms with E-state index in [4.69, 9.17) is 21.1 Å². The summed E-state index contributed by atoms with van der Waals surface area (Å²) in [4.78, 5) is 15.8. The number of fused-ring (bicyclic) bond motifs is 1. The molecule has 0 atom stereocenters. The number of hydrogen-bond donors (Lipinski definition) is 1. The third-order valence-corrected chi connectivity index (χ3v) is 4.21. The van der Waals surface area contributed by atoms with Crippen molar-refractivity contribution in [2.75, 3.05) is 13.7 Å². The summed E-state index contributed by atoms with van der Waals surface area (Å²) in [5.74, 6) is 2.40. The number of nitrogens with one attached hydrogen (secondary N) is 1. The SMILES string of the molecule is COc1ccc(OCCCCCCc2nc3ncncc3[nH]2)c(Cl)c1. The molecule has 2 aromatic heterocycles. The number of hydrogen-bond acceptors (Lipinski definition) is 5. The first-order valence-corrected chi connectivity index (χ1v) is 8.75. The molecule has 25 heavy (non-hydrogen) atoms. The first-order valence-electron chi connectivity index (χ1n) is 8.37. The number of halogens is 1. The zero-order valence-corrected chi connectivity index (χ0v) is 14.9. The van der Waals surface area contributed by atoms with Crippen molar-refractivity contribution in [1.29, 1.82) is 0 Å². The fourth-order valence-electron chi connectivity index (χ4n) is 2.59. The number of aromatic amines is 1. The molecule has 1 N–H and O–H groups in total. The molecule has 3 rings (SSSR count). The quantitative estimate of drug-likeness (QED) is 0.579. The lowest BCUT2D eigenvalue weighted by atomic mass is 10.1. The fraction of sp³-hybridized carbons (Fsp3) is 0.389. The Bertz CT molecular complexity index is 789. The summed E-state index contributed by atoms with van der Waals surface area (Å²) in [5.41, 5.74) is 1.62. The van der Waals surface area contributed by atoms with Crippen LogP contribution in [0.3, 0.4) is 0 Å². The standard InChI is InChI=1S/C18H21ClN4O2/c1-24-13-7-8-16(14(19)10-13)25-9-5-3-2-4-6-17-22-15-11-20-12-21-18(15)23-17/h7-8,10-12H,2-6,9H2,1H3,(H,20,21,22,23). The molecule has 0 aliphatic carbocycles. The molecular formula is C18H21ClN4O2. The molecule has 3 aromatic rings. The van der Waals surface area contributed by atoms with Gasteiger partial charge in [0.25, 0.3) is 0 Å². The van der Waals surface area contributed by atoms with E-state index in [9.17, 15) is 0 Å². The summed E-state index contributed by atoms with van der Waals surface area (Å²) < 4.78 is 10.8. The number of nitrogens with zero attached hydrogens (tertiary/aromatic N) is 3. The van der Waals surface area contributed by atoms with Gasteiger partial charge in [-0.25, -0.2) is 15.0 Å². The van der Waals surface area contributed by atoms with Crippen molar-refractivity contribution in [2.45, 2.75) is 32.1 Å². The number of ether oxygens (including phenoxy) is 2. The van der Waals surface area contributed by atoms with Crippen LogP contribution in [-0.2, 0) is 6.42 Å². The van der Waals surface area contributed by atoms with Gasteiger partial charge in [-0.3, -0.25) is 0 Å². The predicted octanol–water partition coefficient (Wildman–Crippen LogP) is 4.20. The molecule has 6 nitrogen and oxygen atoms in total. The van der Waals surface area contributed by atoms with Crippen molar-refractivity contribution < 1.29 is 9.47 Å². The molecule has 0 aliphatic heterocycles. The number of rotatable bonds is 9. The van der Waals surface area contributed by atoms with E-state index in [-0.39, 0.29) is 0 Å². The topological polar surface area (TPSA) is 72.9 Å². The van der Waals surface area contributed by atoms with Gasteiger partial charge < -0.3 is 14.5 Å². The second-order valence-corrected chi connectivity index (χ2v) is 6.16. The summed E-state index contributed by atoms with van der Waals surface area (Å²) in [6.07, 6.45) is 8.49. The van der Waals surface area contributed by atoms with Crippen LogP contribution in [0.15, 0.2) is 30.7 Å². The molecule has 2 heterocycles. The smallest absolute Gasteiger partial charge is 0.180 e. The molecule has 0 saturated heterocycles. The Morgan fingerprint density at radius 3 is 2.84 bits per heavy atom. The molecule has 0 fully saturated rings. The van der Waals surface area contributed by atoms with Crippen molar-refractivity contribution in [1.82, 2.24) is 19.9 Å². The van der Waals surface area contributed by atoms with E-state index in [0.29, 0.717) is 17.4 Å². The highest BCUT2D eigenvalue weighted by Gasteiger charge is 2.04. The Hall–Kier alpha value is -2.34. The summed E-state index contributed by atoms with van der Waals surface area (Å²) >= 11 is 6.15. The average molecular weight is 361 g/mol. The highest BCUT2D eigenvalue weighted by Crippen LogP contribution is 2.28. The summed E-state index contributed by atoms with van der Waals surface area (Å²) in [5, 5.41) is 0.576. The van der Waals surface area contributed by atoms with Gasteiger partial charge in [0.05, 0.1) is 24.9 Å². The molecule has 0 amide bonds. The van der Waals surface area contributed by atoms with Crippen LogP contribution in [0.2, 0.25) is 5.02 Å². The van der Waals surface area contributed by atoms with Crippen LogP contribution < -0.4 is 9.47 Å². The normalized spacial score (nSPS) is 11.0. The summed E-state index contributed by atoms with van der Waals surface area (Å²) in [7, 11) is 1.62. The fourth-order valence-corrected chi connectivity index (χ4v) is 2.81. The number of H-pyrrole nitrogens is 1. The average Bonchev–Trinajstić information content (AvgIpc) is 3.04. The van der Waals surface area contributed by atoms with Crippen LogP contribution in [0.1, 0.15) is 31.5 Å². The van der Waals surface area contributed by atoms with Crippen LogP contribution >= 0.6 is 11.6 Å². The highest BCUT2D eigenvalue weighted by molar-refractivity contribution is 6.32. The summed E-state index contributed by atoms with van der Waals surface area (Å²) in [6.45, 7) is 0.659. The van der Waals surface area contributed by atoms with Crippen molar-refractivity contribution >= 4 is 22.8 Å². The minimum atomic E-state index is 0.576. The molecular weight excluding hydrogens is 340 g/mol. The number of benzene rings is 1. The van der Waals surface area contributed by atoms with E-state index in [1.165, 1.54) is 6.33 Å². The van der Waals surface area contributed by atoms with Crippen LogP contribution in [0.4, 0.5) is 0 Å². The first kappa shape index (κ1) is 17.5. The lowest BCUT2D eigenvalue weighted by Crippen LogP contribution is -1.98. The Morgan fingerprint density at radius 2 is 2.04 bits per heavy atom. The highest BCUT2D eigenvalue weighted by atomic mass is 35.5. The zero-order valence-electron chi connectivity index (χ0n) is 14.2. The van der Waals surface area contributed by atoms with Gasteiger partial charge in [0.15, 0.2) is 5.65 Å². The number of unbranched alkanes of at least 4 members (excludes halogenated alkanes) is 3. The van der Waals surface area contributed by atoms with Crippen LogP contribution in [0, 0.1) is 0 Å². The van der Waals surface area contributed by atoms with E-state index in [1.54, 1.807) is 19.4 Å². The van der Waals surface area contributed by atoms with E-state index >= 15 is 0 Å². The Balaban J connectivity index is 1.32. The van der Waals surface area contributed by atoms with Gasteiger partial charge in [-0.15, -0.1) is 0 Å². The molecule has 7 heteroatoms. The van der Waals surface area contributed by atoms with Crippen LogP contribution in [-0.4, -0.2) is 33.7 Å². The maximum absolute atomic E-state index is 6.15. The number of aryl methyl sites for hydroxylation is 1. The third-order valence-electron chi connectivity index (χ3n) is 3.92. The molecule has 0 saturated carbocycles. The molecule has 0 spiro atoms. The van der Waals surface area contributed by atoms with E-state index in [0.717, 1.165) is 54.8 Å². The zero-order chi connectivity index (χ0) is 17.5. The van der Waals surface area contributed by atoms with E-state index < -0.39 is 0 Å². The van der Waals surface area contributed by atoms with Gasteiger partial charge in [0, 0.05) is 12.5 Å². The minimum Gasteiger partial charge on any atom is -0.497 e. The van der Waals surface area contributed by atoms with Crippen molar-refractivity contribution in [2.24, 2.45) is 0 Å². The maximum atomic E-state index is 6.15. The molecule has 0 unspecified atom stereocenters. The lowest BCUT2D eigenvalue weighted by Gasteiger charge is -2.09. The van der Waals surface area contributed by atoms with Gasteiger partial charge in [0.1, 0.15) is 29.2 Å². The number of aromatic nitrogens is 4.